The van der Waals surface area contributed by atoms with E-state index in [1.165, 1.54) is 22.7 Å². The van der Waals surface area contributed by atoms with Gasteiger partial charge in [-0.2, -0.15) is 0 Å². The number of amides is 4. The third kappa shape index (κ3) is 8.13. The highest BCUT2D eigenvalue weighted by atomic mass is 32.1. The SMILES string of the molecule is CCc1nnc(NC(=O)NCCCCCCNC(=O)Nc2nnc(CC)s2)s1. The van der Waals surface area contributed by atoms with Gasteiger partial charge in [0.1, 0.15) is 10.0 Å². The number of carbonyl (C=O) groups is 2. The Balaban J connectivity index is 1.44. The number of nitrogens with zero attached hydrogens (tertiary/aromatic N) is 4. The molecule has 0 aliphatic carbocycles. The molecule has 0 spiro atoms. The van der Waals surface area contributed by atoms with Crippen molar-refractivity contribution in [2.24, 2.45) is 0 Å². The zero-order valence-electron chi connectivity index (χ0n) is 16.1. The first-order valence-corrected chi connectivity index (χ1v) is 11.0. The van der Waals surface area contributed by atoms with Gasteiger partial charge in [-0.25, -0.2) is 9.59 Å². The van der Waals surface area contributed by atoms with Gasteiger partial charge in [0.15, 0.2) is 0 Å². The summed E-state index contributed by atoms with van der Waals surface area (Å²) in [5.74, 6) is 0. The Hall–Kier alpha value is -2.34. The molecule has 2 aromatic heterocycles. The molecule has 2 heterocycles. The first kappa shape index (κ1) is 22.0. The topological polar surface area (TPSA) is 134 Å². The molecule has 0 saturated heterocycles. The molecule has 28 heavy (non-hydrogen) atoms. The van der Waals surface area contributed by atoms with Crippen LogP contribution in [0.5, 0.6) is 0 Å². The quantitative estimate of drug-likeness (QED) is 0.408. The number of anilines is 2. The summed E-state index contributed by atoms with van der Waals surface area (Å²) < 4.78 is 0. The lowest BCUT2D eigenvalue weighted by Gasteiger charge is -2.06. The lowest BCUT2D eigenvalue weighted by Crippen LogP contribution is -2.30. The van der Waals surface area contributed by atoms with Crippen molar-refractivity contribution in [2.45, 2.75) is 52.4 Å². The second kappa shape index (κ2) is 12.2. The number of nitrogens with one attached hydrogen (secondary N) is 4. The summed E-state index contributed by atoms with van der Waals surface area (Å²) in [7, 11) is 0. The lowest BCUT2D eigenvalue weighted by molar-refractivity contribution is 0.250. The van der Waals surface area contributed by atoms with E-state index in [1.54, 1.807) is 0 Å². The second-order valence-electron chi connectivity index (χ2n) is 5.89. The maximum Gasteiger partial charge on any atom is 0.321 e. The Labute approximate surface area is 171 Å². The summed E-state index contributed by atoms with van der Waals surface area (Å²) >= 11 is 2.76. The van der Waals surface area contributed by atoms with Crippen molar-refractivity contribution in [2.75, 3.05) is 23.7 Å². The molecule has 2 aromatic rings. The Morgan fingerprint density at radius 3 is 1.50 bits per heavy atom. The van der Waals surface area contributed by atoms with E-state index >= 15 is 0 Å². The van der Waals surface area contributed by atoms with Crippen molar-refractivity contribution in [3.8, 4) is 0 Å². The monoisotopic (exact) mass is 426 g/mol. The highest BCUT2D eigenvalue weighted by molar-refractivity contribution is 7.15. The Morgan fingerprint density at radius 2 is 1.14 bits per heavy atom. The predicted octanol–water partition coefficient (Wildman–Crippen LogP) is 3.02. The minimum absolute atomic E-state index is 0.264. The van der Waals surface area contributed by atoms with Crippen LogP contribution in [0.4, 0.5) is 19.9 Å². The van der Waals surface area contributed by atoms with E-state index in [2.05, 4.69) is 41.7 Å². The highest BCUT2D eigenvalue weighted by Gasteiger charge is 2.07. The van der Waals surface area contributed by atoms with E-state index in [9.17, 15) is 9.59 Å². The summed E-state index contributed by atoms with van der Waals surface area (Å²) in [4.78, 5) is 23.5. The number of hydrogen-bond donors (Lipinski definition) is 4. The molecule has 0 unspecified atom stereocenters. The fourth-order valence-electron chi connectivity index (χ4n) is 2.18. The average Bonchev–Trinajstić information content (AvgIpc) is 3.32. The molecule has 0 aromatic carbocycles. The molecule has 0 saturated carbocycles. The van der Waals surface area contributed by atoms with E-state index in [1.807, 2.05) is 13.8 Å². The summed E-state index contributed by atoms with van der Waals surface area (Å²) in [5.41, 5.74) is 0. The molecule has 0 fully saturated rings. The largest absolute Gasteiger partial charge is 0.338 e. The maximum absolute atomic E-state index is 11.7. The smallest absolute Gasteiger partial charge is 0.321 e. The lowest BCUT2D eigenvalue weighted by atomic mass is 10.2. The van der Waals surface area contributed by atoms with Crippen LogP contribution in [0.15, 0.2) is 0 Å². The number of carbonyl (C=O) groups excluding carboxylic acids is 2. The second-order valence-corrected chi connectivity index (χ2v) is 8.01. The van der Waals surface area contributed by atoms with Gasteiger partial charge in [-0.05, 0) is 25.7 Å². The number of unbranched alkanes of at least 4 members (excludes halogenated alkanes) is 3. The number of rotatable bonds is 11. The van der Waals surface area contributed by atoms with Gasteiger partial charge in [-0.15, -0.1) is 20.4 Å². The van der Waals surface area contributed by atoms with Gasteiger partial charge in [-0.3, -0.25) is 10.6 Å². The zero-order valence-corrected chi connectivity index (χ0v) is 17.7. The van der Waals surface area contributed by atoms with Crippen molar-refractivity contribution >= 4 is 45.0 Å². The minimum atomic E-state index is -0.264. The van der Waals surface area contributed by atoms with Crippen LogP contribution in [0, 0.1) is 0 Å². The van der Waals surface area contributed by atoms with Gasteiger partial charge in [0.25, 0.3) is 0 Å². The van der Waals surface area contributed by atoms with E-state index in [4.69, 9.17) is 0 Å². The molecule has 12 heteroatoms. The summed E-state index contributed by atoms with van der Waals surface area (Å²) in [5, 5.41) is 29.5. The van der Waals surface area contributed by atoms with Crippen LogP contribution in [-0.2, 0) is 12.8 Å². The molecule has 0 aliphatic rings. The van der Waals surface area contributed by atoms with E-state index in [0.717, 1.165) is 48.5 Å². The molecular formula is C16H26N8O2S2. The predicted molar refractivity (Wildman–Crippen MR) is 111 cm³/mol. The molecule has 4 N–H and O–H groups in total. The molecule has 0 aliphatic heterocycles. The number of aromatic nitrogens is 4. The molecule has 10 nitrogen and oxygen atoms in total. The maximum atomic E-state index is 11.7. The third-order valence-corrected chi connectivity index (χ3v) is 5.62. The Morgan fingerprint density at radius 1 is 0.714 bits per heavy atom. The van der Waals surface area contributed by atoms with Crippen LogP contribution < -0.4 is 21.3 Å². The fraction of sp³-hybridized carbons (Fsp3) is 0.625. The standard InChI is InChI=1S/C16H26N8O2S2/c1-3-11-21-23-15(27-11)19-13(25)17-9-7-5-6-8-10-18-14(26)20-16-24-22-12(4-2)28-16/h3-10H2,1-2H3,(H2,17,19,23,25)(H2,18,20,24,26). The first-order chi connectivity index (χ1) is 13.6. The van der Waals surface area contributed by atoms with Crippen LogP contribution in [0.2, 0.25) is 0 Å². The Kier molecular flexibility index (Phi) is 9.55. The van der Waals surface area contributed by atoms with Crippen molar-refractivity contribution in [3.63, 3.8) is 0 Å². The zero-order chi connectivity index (χ0) is 20.2. The van der Waals surface area contributed by atoms with Gasteiger partial charge in [0.05, 0.1) is 0 Å². The van der Waals surface area contributed by atoms with Crippen LogP contribution in [-0.4, -0.2) is 45.5 Å². The van der Waals surface area contributed by atoms with Crippen molar-refractivity contribution < 1.29 is 9.59 Å². The molecule has 2 rings (SSSR count). The summed E-state index contributed by atoms with van der Waals surface area (Å²) in [6.07, 6.45) is 5.30. The third-order valence-electron chi connectivity index (χ3n) is 3.65. The normalized spacial score (nSPS) is 10.5. The average molecular weight is 427 g/mol. The van der Waals surface area contributed by atoms with E-state index < -0.39 is 0 Å². The first-order valence-electron chi connectivity index (χ1n) is 9.35. The molecule has 4 amide bonds. The minimum Gasteiger partial charge on any atom is -0.338 e. The van der Waals surface area contributed by atoms with Gasteiger partial charge in [0, 0.05) is 13.1 Å². The van der Waals surface area contributed by atoms with Crippen LogP contribution in [0.1, 0.15) is 49.5 Å². The van der Waals surface area contributed by atoms with Crippen LogP contribution in [0.3, 0.4) is 0 Å². The van der Waals surface area contributed by atoms with Gasteiger partial charge in [-0.1, -0.05) is 49.4 Å². The number of hydrogen-bond acceptors (Lipinski definition) is 8. The Bertz CT molecular complexity index is 686. The number of urea groups is 2. The van der Waals surface area contributed by atoms with Gasteiger partial charge >= 0.3 is 12.1 Å². The molecule has 154 valence electrons. The van der Waals surface area contributed by atoms with Gasteiger partial charge in [0.2, 0.25) is 10.3 Å². The van der Waals surface area contributed by atoms with Gasteiger partial charge < -0.3 is 10.6 Å². The molecular weight excluding hydrogens is 400 g/mol. The van der Waals surface area contributed by atoms with E-state index in [-0.39, 0.29) is 12.1 Å². The fourth-order valence-corrected chi connectivity index (χ4v) is 3.53. The van der Waals surface area contributed by atoms with Crippen molar-refractivity contribution in [3.05, 3.63) is 10.0 Å². The molecule has 0 atom stereocenters. The summed E-state index contributed by atoms with van der Waals surface area (Å²) in [6.45, 7) is 5.17. The molecule has 0 bridgehead atoms. The van der Waals surface area contributed by atoms with Crippen LogP contribution in [0.25, 0.3) is 0 Å². The molecule has 0 radical (unpaired) electrons. The van der Waals surface area contributed by atoms with Crippen molar-refractivity contribution in [1.29, 1.82) is 0 Å². The van der Waals surface area contributed by atoms with Crippen LogP contribution >= 0.6 is 22.7 Å². The highest BCUT2D eigenvalue weighted by Crippen LogP contribution is 2.15. The van der Waals surface area contributed by atoms with Crippen molar-refractivity contribution in [1.82, 2.24) is 31.0 Å². The summed E-state index contributed by atoms with van der Waals surface area (Å²) in [6, 6.07) is -0.528. The number of aryl methyl sites for hydroxylation is 2. The van der Waals surface area contributed by atoms with E-state index in [0.29, 0.717) is 23.4 Å².